The number of methoxy groups -OCH3 is 1. The maximum absolute atomic E-state index is 12.3. The number of carbonyl (C=O) groups is 1. The fourth-order valence-corrected chi connectivity index (χ4v) is 4.02. The van der Waals surface area contributed by atoms with Gasteiger partial charge in [-0.15, -0.1) is 6.42 Å². The summed E-state index contributed by atoms with van der Waals surface area (Å²) in [7, 11) is -1.48. The van der Waals surface area contributed by atoms with Crippen molar-refractivity contribution in [2.75, 3.05) is 31.8 Å². The average molecular weight is 302 g/mol. The Morgan fingerprint density at radius 2 is 2.30 bits per heavy atom. The van der Waals surface area contributed by atoms with Crippen LogP contribution in [0, 0.1) is 12.3 Å². The second-order valence-electron chi connectivity index (χ2n) is 4.97. The third kappa shape index (κ3) is 4.78. The molecule has 0 aromatic rings. The third-order valence-electron chi connectivity index (χ3n) is 3.37. The molecule has 0 saturated carbocycles. The topological polar surface area (TPSA) is 89.7 Å². The highest BCUT2D eigenvalue weighted by Crippen LogP contribution is 2.18. The molecule has 0 bridgehead atoms. The van der Waals surface area contributed by atoms with Crippen LogP contribution in [0.5, 0.6) is 0 Å². The van der Waals surface area contributed by atoms with Crippen molar-refractivity contribution < 1.29 is 17.9 Å². The van der Waals surface area contributed by atoms with Crippen molar-refractivity contribution in [1.82, 2.24) is 4.90 Å². The van der Waals surface area contributed by atoms with E-state index >= 15 is 0 Å². The Morgan fingerprint density at radius 3 is 2.80 bits per heavy atom. The van der Waals surface area contributed by atoms with Crippen molar-refractivity contribution in [3.8, 4) is 12.3 Å². The van der Waals surface area contributed by atoms with E-state index in [-0.39, 0.29) is 30.0 Å². The van der Waals surface area contributed by atoms with Gasteiger partial charge in [0.1, 0.15) is 0 Å². The third-order valence-corrected chi connectivity index (χ3v) is 5.13. The highest BCUT2D eigenvalue weighted by molar-refractivity contribution is 7.91. The molecule has 6 nitrogen and oxygen atoms in total. The van der Waals surface area contributed by atoms with E-state index in [0.717, 1.165) is 0 Å². The van der Waals surface area contributed by atoms with Crippen LogP contribution >= 0.6 is 0 Å². The highest BCUT2D eigenvalue weighted by atomic mass is 32.2. The normalized spacial score (nSPS) is 22.1. The number of amides is 1. The van der Waals surface area contributed by atoms with Crippen LogP contribution in [0.1, 0.15) is 19.3 Å². The van der Waals surface area contributed by atoms with Crippen LogP contribution in [0.3, 0.4) is 0 Å². The molecule has 0 aromatic carbocycles. The maximum Gasteiger partial charge on any atom is 0.240 e. The van der Waals surface area contributed by atoms with E-state index in [0.29, 0.717) is 25.9 Å². The van der Waals surface area contributed by atoms with Gasteiger partial charge in [-0.3, -0.25) is 4.79 Å². The summed E-state index contributed by atoms with van der Waals surface area (Å²) in [6.45, 7) is 0.630. The van der Waals surface area contributed by atoms with Gasteiger partial charge in [-0.25, -0.2) is 8.42 Å². The lowest BCUT2D eigenvalue weighted by atomic mass is 10.1. The molecule has 20 heavy (non-hydrogen) atoms. The second kappa shape index (κ2) is 7.62. The zero-order valence-corrected chi connectivity index (χ0v) is 12.6. The first-order valence-corrected chi connectivity index (χ1v) is 8.42. The molecule has 1 fully saturated rings. The summed E-state index contributed by atoms with van der Waals surface area (Å²) < 4.78 is 27.9. The van der Waals surface area contributed by atoms with E-state index in [1.165, 1.54) is 4.90 Å². The number of sulfone groups is 1. The number of ether oxygens (including phenoxy) is 1. The molecule has 2 N–H and O–H groups in total. The van der Waals surface area contributed by atoms with Crippen LogP contribution in [0.2, 0.25) is 0 Å². The van der Waals surface area contributed by atoms with Crippen LogP contribution in [-0.2, 0) is 19.4 Å². The quantitative estimate of drug-likeness (QED) is 0.500. The summed E-state index contributed by atoms with van der Waals surface area (Å²) in [6, 6.07) is -1.01. The van der Waals surface area contributed by atoms with Gasteiger partial charge in [0.2, 0.25) is 5.91 Å². The molecule has 1 aliphatic rings. The maximum atomic E-state index is 12.3. The minimum absolute atomic E-state index is 0.0226. The number of terminal acetylenes is 1. The van der Waals surface area contributed by atoms with Crippen LogP contribution in [-0.4, -0.2) is 63.1 Å². The van der Waals surface area contributed by atoms with Crippen LogP contribution in [0.4, 0.5) is 0 Å². The van der Waals surface area contributed by atoms with Crippen LogP contribution < -0.4 is 5.73 Å². The summed E-state index contributed by atoms with van der Waals surface area (Å²) >= 11 is 0. The van der Waals surface area contributed by atoms with Gasteiger partial charge in [0.25, 0.3) is 0 Å². The molecule has 2 unspecified atom stereocenters. The number of nitrogens with zero attached hydrogens (tertiary/aromatic N) is 1. The molecule has 1 aliphatic heterocycles. The summed E-state index contributed by atoms with van der Waals surface area (Å²) in [6.07, 6.45) is 6.87. The van der Waals surface area contributed by atoms with Gasteiger partial charge >= 0.3 is 0 Å². The Hall–Kier alpha value is -1.10. The van der Waals surface area contributed by atoms with Crippen molar-refractivity contribution in [2.45, 2.75) is 31.3 Å². The predicted molar refractivity (Wildman–Crippen MR) is 76.7 cm³/mol. The van der Waals surface area contributed by atoms with Gasteiger partial charge in [0, 0.05) is 19.8 Å². The number of rotatable bonds is 7. The fraction of sp³-hybridized carbons (Fsp3) is 0.769. The molecule has 114 valence electrons. The summed E-state index contributed by atoms with van der Waals surface area (Å²) in [5.41, 5.74) is 5.86. The highest BCUT2D eigenvalue weighted by Gasteiger charge is 2.35. The van der Waals surface area contributed by atoms with Gasteiger partial charge in [-0.1, -0.05) is 5.92 Å². The monoisotopic (exact) mass is 302 g/mol. The molecule has 1 amide bonds. The summed E-state index contributed by atoms with van der Waals surface area (Å²) in [4.78, 5) is 13.7. The van der Waals surface area contributed by atoms with Gasteiger partial charge in [-0.05, 0) is 19.3 Å². The molecule has 1 heterocycles. The molecule has 0 aliphatic carbocycles. The number of carbonyl (C=O) groups excluding carboxylic acids is 1. The number of nitrogens with two attached hydrogens (primary N) is 1. The Bertz CT molecular complexity index is 469. The van der Waals surface area contributed by atoms with Crippen molar-refractivity contribution in [1.29, 1.82) is 0 Å². The molecule has 0 radical (unpaired) electrons. The van der Waals surface area contributed by atoms with Gasteiger partial charge in [0.15, 0.2) is 9.84 Å². The second-order valence-corrected chi connectivity index (χ2v) is 7.20. The Morgan fingerprint density at radius 1 is 1.60 bits per heavy atom. The largest absolute Gasteiger partial charge is 0.385 e. The zero-order valence-electron chi connectivity index (χ0n) is 11.7. The van der Waals surface area contributed by atoms with E-state index in [2.05, 4.69) is 5.92 Å². The lowest BCUT2D eigenvalue weighted by Crippen LogP contribution is -2.49. The zero-order chi connectivity index (χ0) is 15.2. The van der Waals surface area contributed by atoms with E-state index in [4.69, 9.17) is 16.9 Å². The fourth-order valence-electron chi connectivity index (χ4n) is 2.29. The molecular formula is C13H22N2O4S. The van der Waals surface area contributed by atoms with Gasteiger partial charge in [0.05, 0.1) is 24.1 Å². The first kappa shape index (κ1) is 17.0. The smallest absolute Gasteiger partial charge is 0.240 e. The molecule has 0 spiro atoms. The average Bonchev–Trinajstić information content (AvgIpc) is 2.75. The lowest BCUT2D eigenvalue weighted by molar-refractivity contribution is -0.134. The minimum atomic E-state index is -3.06. The van der Waals surface area contributed by atoms with Gasteiger partial charge < -0.3 is 15.4 Å². The molecule has 2 atom stereocenters. The van der Waals surface area contributed by atoms with Crippen LogP contribution in [0.25, 0.3) is 0 Å². The van der Waals surface area contributed by atoms with Gasteiger partial charge in [-0.2, -0.15) is 0 Å². The molecular weight excluding hydrogens is 280 g/mol. The standard InChI is InChI=1S/C13H22N2O4S/c1-3-7-15(11-6-9-20(17,18)10-11)13(16)12(14)5-4-8-19-2/h1,11-12H,4-10,14H2,2H3. The van der Waals surface area contributed by atoms with E-state index in [9.17, 15) is 13.2 Å². The Kier molecular flexibility index (Phi) is 6.46. The molecule has 0 aromatic heterocycles. The number of hydrogen-bond donors (Lipinski definition) is 1. The molecule has 1 saturated heterocycles. The van der Waals surface area contributed by atoms with Crippen LogP contribution in [0.15, 0.2) is 0 Å². The Labute approximate surface area is 120 Å². The molecule has 7 heteroatoms. The minimum Gasteiger partial charge on any atom is -0.385 e. The lowest BCUT2D eigenvalue weighted by Gasteiger charge is -2.28. The van der Waals surface area contributed by atoms with Crippen molar-refractivity contribution in [3.05, 3.63) is 0 Å². The predicted octanol–water partition coefficient (Wildman–Crippen LogP) is -0.611. The SMILES string of the molecule is C#CCN(C(=O)C(N)CCCOC)C1CCS(=O)(=O)C1. The molecule has 1 rings (SSSR count). The first-order valence-electron chi connectivity index (χ1n) is 6.60. The first-order chi connectivity index (χ1) is 9.41. The van der Waals surface area contributed by atoms with Crippen molar-refractivity contribution in [3.63, 3.8) is 0 Å². The van der Waals surface area contributed by atoms with Crippen molar-refractivity contribution >= 4 is 15.7 Å². The summed E-state index contributed by atoms with van der Waals surface area (Å²) in [5.74, 6) is 2.21. The Balaban J connectivity index is 2.66. The number of hydrogen-bond acceptors (Lipinski definition) is 5. The van der Waals surface area contributed by atoms with E-state index < -0.39 is 15.9 Å². The summed E-state index contributed by atoms with van der Waals surface area (Å²) in [5, 5.41) is 0. The van der Waals surface area contributed by atoms with E-state index in [1.54, 1.807) is 7.11 Å². The van der Waals surface area contributed by atoms with E-state index in [1.807, 2.05) is 0 Å². The van der Waals surface area contributed by atoms with Crippen molar-refractivity contribution in [2.24, 2.45) is 5.73 Å².